The molecule has 2 unspecified atom stereocenters. The normalized spacial score (nSPS) is 32.4. The second-order valence-corrected chi connectivity index (χ2v) is 6.51. The van der Waals surface area contributed by atoms with E-state index in [1.807, 2.05) is 0 Å². The minimum atomic E-state index is -0.977. The quantitative estimate of drug-likeness (QED) is 0.759. The van der Waals surface area contributed by atoms with E-state index in [2.05, 4.69) is 18.7 Å². The summed E-state index contributed by atoms with van der Waals surface area (Å²) in [4.78, 5) is 13.7. The number of aliphatic carboxylic acids is 1. The summed E-state index contributed by atoms with van der Waals surface area (Å²) in [6.45, 7) is 5.58. The Morgan fingerprint density at radius 2 is 2.06 bits per heavy atom. The predicted molar refractivity (Wildman–Crippen MR) is 71.4 cm³/mol. The van der Waals surface area contributed by atoms with Crippen LogP contribution in [0, 0.1) is 5.92 Å². The molecule has 4 nitrogen and oxygen atoms in total. The number of nitrogens with zero attached hydrogens (tertiary/aromatic N) is 1. The van der Waals surface area contributed by atoms with Gasteiger partial charge in [0, 0.05) is 12.1 Å². The van der Waals surface area contributed by atoms with E-state index >= 15 is 0 Å². The Hall–Kier alpha value is -0.610. The van der Waals surface area contributed by atoms with Gasteiger partial charge in [-0.25, -0.2) is 0 Å². The van der Waals surface area contributed by atoms with E-state index in [9.17, 15) is 9.90 Å². The van der Waals surface area contributed by atoms with Crippen molar-refractivity contribution >= 4 is 5.97 Å². The van der Waals surface area contributed by atoms with Crippen LogP contribution < -0.4 is 5.73 Å². The zero-order valence-corrected chi connectivity index (χ0v) is 11.6. The van der Waals surface area contributed by atoms with Gasteiger partial charge >= 0.3 is 5.97 Å². The zero-order valence-electron chi connectivity index (χ0n) is 11.6. The summed E-state index contributed by atoms with van der Waals surface area (Å²) in [5.74, 6) is -0.126. The van der Waals surface area contributed by atoms with Crippen molar-refractivity contribution in [3.8, 4) is 0 Å². The lowest BCUT2D eigenvalue weighted by molar-refractivity contribution is -0.143. The van der Waals surface area contributed by atoms with Crippen LogP contribution in [0.15, 0.2) is 0 Å². The molecule has 0 heterocycles. The fraction of sp³-hybridized carbons (Fsp3) is 0.929. The molecule has 0 bridgehead atoms. The van der Waals surface area contributed by atoms with Gasteiger partial charge in [-0.1, -0.05) is 13.8 Å². The minimum absolute atomic E-state index is 0.386. The zero-order chi connectivity index (χ0) is 13.3. The lowest BCUT2D eigenvalue weighted by Gasteiger charge is -2.30. The molecule has 4 heteroatoms. The van der Waals surface area contributed by atoms with Gasteiger partial charge in [0.2, 0.25) is 0 Å². The number of rotatable bonds is 6. The first kappa shape index (κ1) is 13.8. The van der Waals surface area contributed by atoms with Gasteiger partial charge in [-0.2, -0.15) is 0 Å². The third-order valence-electron chi connectivity index (χ3n) is 4.40. The van der Waals surface area contributed by atoms with Crippen LogP contribution in [-0.2, 0) is 4.79 Å². The Morgan fingerprint density at radius 3 is 2.50 bits per heavy atom. The number of nitrogens with two attached hydrogens (primary N) is 1. The monoisotopic (exact) mass is 254 g/mol. The Balaban J connectivity index is 1.94. The SMILES string of the molecule is CC(C)CCN(C1CC1)C1CCC(N)(C(=O)O)C1. The molecular weight excluding hydrogens is 228 g/mol. The van der Waals surface area contributed by atoms with Gasteiger partial charge in [0.1, 0.15) is 5.54 Å². The molecule has 2 fully saturated rings. The molecule has 2 rings (SSSR count). The summed E-state index contributed by atoms with van der Waals surface area (Å²) in [5, 5.41) is 9.20. The highest BCUT2D eigenvalue weighted by Gasteiger charge is 2.46. The van der Waals surface area contributed by atoms with E-state index in [4.69, 9.17) is 5.73 Å². The maximum Gasteiger partial charge on any atom is 0.323 e. The summed E-state index contributed by atoms with van der Waals surface area (Å²) in [7, 11) is 0. The van der Waals surface area contributed by atoms with Gasteiger partial charge in [0.05, 0.1) is 0 Å². The van der Waals surface area contributed by atoms with Crippen LogP contribution in [0.3, 0.4) is 0 Å². The standard InChI is InChI=1S/C14H26N2O2/c1-10(2)6-8-16(11-3-4-11)12-5-7-14(15,9-12)13(17)18/h10-12H,3-9,15H2,1-2H3,(H,17,18). The Morgan fingerprint density at radius 1 is 1.39 bits per heavy atom. The van der Waals surface area contributed by atoms with Gasteiger partial charge in [-0.15, -0.1) is 0 Å². The van der Waals surface area contributed by atoms with Crippen molar-refractivity contribution in [3.05, 3.63) is 0 Å². The van der Waals surface area contributed by atoms with Gasteiger partial charge in [0.15, 0.2) is 0 Å². The maximum absolute atomic E-state index is 11.2. The Bertz CT molecular complexity index is 315. The highest BCUT2D eigenvalue weighted by Crippen LogP contribution is 2.38. The molecule has 0 spiro atoms. The van der Waals surface area contributed by atoms with E-state index in [0.717, 1.165) is 13.0 Å². The van der Waals surface area contributed by atoms with E-state index in [1.165, 1.54) is 19.3 Å². The third kappa shape index (κ3) is 3.04. The molecule has 0 aromatic rings. The molecule has 2 aliphatic carbocycles. The summed E-state index contributed by atoms with van der Waals surface area (Å²) in [6, 6.07) is 1.09. The average Bonchev–Trinajstić information content (AvgIpc) is 3.02. The number of carboxylic acid groups (broad SMARTS) is 1. The topological polar surface area (TPSA) is 66.6 Å². The van der Waals surface area contributed by atoms with E-state index < -0.39 is 11.5 Å². The second-order valence-electron chi connectivity index (χ2n) is 6.51. The van der Waals surface area contributed by atoms with Gasteiger partial charge in [-0.3, -0.25) is 9.69 Å². The summed E-state index contributed by atoms with van der Waals surface area (Å²) in [6.07, 6.45) is 5.93. The largest absolute Gasteiger partial charge is 0.480 e. The van der Waals surface area contributed by atoms with Gasteiger partial charge in [0.25, 0.3) is 0 Å². The van der Waals surface area contributed by atoms with Crippen LogP contribution in [0.2, 0.25) is 0 Å². The first-order valence-electron chi connectivity index (χ1n) is 7.20. The Labute approximate surface area is 110 Å². The summed E-state index contributed by atoms with van der Waals surface area (Å²) < 4.78 is 0. The fourth-order valence-corrected chi connectivity index (χ4v) is 3.00. The number of carboxylic acids is 1. The smallest absolute Gasteiger partial charge is 0.323 e. The van der Waals surface area contributed by atoms with Crippen molar-refractivity contribution in [2.24, 2.45) is 11.7 Å². The third-order valence-corrected chi connectivity index (χ3v) is 4.40. The van der Waals surface area contributed by atoms with Crippen LogP contribution in [0.1, 0.15) is 52.4 Å². The lowest BCUT2D eigenvalue weighted by atomic mass is 9.99. The van der Waals surface area contributed by atoms with Crippen molar-refractivity contribution in [1.29, 1.82) is 0 Å². The van der Waals surface area contributed by atoms with Crippen LogP contribution in [-0.4, -0.2) is 40.1 Å². The van der Waals surface area contributed by atoms with Crippen LogP contribution in [0.4, 0.5) is 0 Å². The molecule has 3 N–H and O–H groups in total. The minimum Gasteiger partial charge on any atom is -0.480 e. The molecule has 2 saturated carbocycles. The number of carbonyl (C=O) groups is 1. The van der Waals surface area contributed by atoms with Crippen molar-refractivity contribution in [1.82, 2.24) is 4.90 Å². The second kappa shape index (κ2) is 5.17. The molecule has 0 aliphatic heterocycles. The van der Waals surface area contributed by atoms with Crippen molar-refractivity contribution in [2.75, 3.05) is 6.54 Å². The molecule has 0 aromatic carbocycles. The molecule has 2 aliphatic rings. The van der Waals surface area contributed by atoms with E-state index in [1.54, 1.807) is 0 Å². The van der Waals surface area contributed by atoms with E-state index in [0.29, 0.717) is 30.8 Å². The Kier molecular flexibility index (Phi) is 3.97. The lowest BCUT2D eigenvalue weighted by Crippen LogP contribution is -2.47. The molecule has 2 atom stereocenters. The first-order valence-corrected chi connectivity index (χ1v) is 7.20. The molecule has 18 heavy (non-hydrogen) atoms. The van der Waals surface area contributed by atoms with Gasteiger partial charge in [-0.05, 0) is 51.0 Å². The summed E-state index contributed by atoms with van der Waals surface area (Å²) >= 11 is 0. The van der Waals surface area contributed by atoms with E-state index in [-0.39, 0.29) is 0 Å². The number of hydrogen-bond acceptors (Lipinski definition) is 3. The fourth-order valence-electron chi connectivity index (χ4n) is 3.00. The molecule has 104 valence electrons. The molecule has 0 radical (unpaired) electrons. The van der Waals surface area contributed by atoms with Crippen molar-refractivity contribution in [2.45, 2.75) is 70.0 Å². The number of hydrogen-bond donors (Lipinski definition) is 2. The first-order chi connectivity index (χ1) is 8.42. The average molecular weight is 254 g/mol. The van der Waals surface area contributed by atoms with Crippen LogP contribution in [0.25, 0.3) is 0 Å². The van der Waals surface area contributed by atoms with Gasteiger partial charge < -0.3 is 10.8 Å². The van der Waals surface area contributed by atoms with Crippen LogP contribution in [0.5, 0.6) is 0 Å². The predicted octanol–water partition coefficient (Wildman–Crippen LogP) is 1.83. The highest BCUT2D eigenvalue weighted by atomic mass is 16.4. The van der Waals surface area contributed by atoms with Crippen LogP contribution >= 0.6 is 0 Å². The van der Waals surface area contributed by atoms with Crippen molar-refractivity contribution in [3.63, 3.8) is 0 Å². The summed E-state index contributed by atoms with van der Waals surface area (Å²) in [5.41, 5.74) is 5.00. The highest BCUT2D eigenvalue weighted by molar-refractivity contribution is 5.79. The molecule has 0 saturated heterocycles. The maximum atomic E-state index is 11.2. The molecular formula is C14H26N2O2. The van der Waals surface area contributed by atoms with Crippen molar-refractivity contribution < 1.29 is 9.90 Å². The molecule has 0 amide bonds. The molecule has 0 aromatic heterocycles.